The summed E-state index contributed by atoms with van der Waals surface area (Å²) in [5.74, 6) is 1.59. The lowest BCUT2D eigenvalue weighted by molar-refractivity contribution is -0.120. The molecule has 2 aromatic carbocycles. The maximum absolute atomic E-state index is 13.4. The van der Waals surface area contributed by atoms with Gasteiger partial charge < -0.3 is 10.1 Å². The van der Waals surface area contributed by atoms with Crippen molar-refractivity contribution < 1.29 is 17.9 Å². The van der Waals surface area contributed by atoms with Crippen molar-refractivity contribution in [2.45, 2.75) is 43.5 Å². The summed E-state index contributed by atoms with van der Waals surface area (Å²) in [7, 11) is -3.91. The normalized spacial score (nSPS) is 22.6. The fourth-order valence-electron chi connectivity index (χ4n) is 4.72. The van der Waals surface area contributed by atoms with Gasteiger partial charge in [-0.2, -0.15) is 0 Å². The van der Waals surface area contributed by atoms with Gasteiger partial charge in [-0.25, -0.2) is 8.42 Å². The van der Waals surface area contributed by atoms with Crippen LogP contribution < -0.4 is 14.4 Å². The fourth-order valence-corrected chi connectivity index (χ4v) is 6.14. The van der Waals surface area contributed by atoms with Gasteiger partial charge in [0.15, 0.2) is 0 Å². The molecule has 1 amide bonds. The lowest BCUT2D eigenvalue weighted by Gasteiger charge is -2.27. The topological polar surface area (TPSA) is 75.7 Å². The first-order chi connectivity index (χ1) is 14.5. The Labute approximate surface area is 178 Å². The third-order valence-corrected chi connectivity index (χ3v) is 7.93. The molecule has 0 radical (unpaired) electrons. The van der Waals surface area contributed by atoms with Crippen LogP contribution in [-0.2, 0) is 14.8 Å². The SMILES string of the molecule is CCOc1ccc(S(=O)(=O)N(CC(=O)NC2CC3CCC2C3)c2ccccc2)cc1. The van der Waals surface area contributed by atoms with Gasteiger partial charge in [0.25, 0.3) is 10.0 Å². The molecule has 30 heavy (non-hydrogen) atoms. The second-order valence-corrected chi connectivity index (χ2v) is 9.96. The van der Waals surface area contributed by atoms with E-state index >= 15 is 0 Å². The molecular weight excluding hydrogens is 400 g/mol. The molecule has 160 valence electrons. The van der Waals surface area contributed by atoms with E-state index in [1.807, 2.05) is 13.0 Å². The van der Waals surface area contributed by atoms with E-state index in [9.17, 15) is 13.2 Å². The van der Waals surface area contributed by atoms with Gasteiger partial charge in [0.1, 0.15) is 12.3 Å². The number of amides is 1. The number of carbonyl (C=O) groups is 1. The van der Waals surface area contributed by atoms with E-state index in [1.54, 1.807) is 36.4 Å². The predicted octanol–water partition coefficient (Wildman–Crippen LogP) is 3.59. The third-order valence-electron chi connectivity index (χ3n) is 6.14. The molecule has 0 heterocycles. The molecule has 0 saturated heterocycles. The predicted molar refractivity (Wildman–Crippen MR) is 116 cm³/mol. The number of carbonyl (C=O) groups excluding carboxylic acids is 1. The van der Waals surface area contributed by atoms with Gasteiger partial charge in [-0.1, -0.05) is 24.6 Å². The van der Waals surface area contributed by atoms with Crippen LogP contribution in [0.5, 0.6) is 5.75 Å². The fraction of sp³-hybridized carbons (Fsp3) is 0.435. The summed E-state index contributed by atoms with van der Waals surface area (Å²) < 4.78 is 33.4. The molecule has 2 fully saturated rings. The summed E-state index contributed by atoms with van der Waals surface area (Å²) in [6.45, 7) is 2.13. The molecule has 3 unspecified atom stereocenters. The van der Waals surface area contributed by atoms with Gasteiger partial charge in [0.05, 0.1) is 17.2 Å². The molecule has 7 heteroatoms. The van der Waals surface area contributed by atoms with Gasteiger partial charge in [0.2, 0.25) is 5.91 Å². The second kappa shape index (κ2) is 8.68. The Bertz CT molecular complexity index is 976. The summed E-state index contributed by atoms with van der Waals surface area (Å²) >= 11 is 0. The largest absolute Gasteiger partial charge is 0.494 e. The minimum Gasteiger partial charge on any atom is -0.494 e. The summed E-state index contributed by atoms with van der Waals surface area (Å²) in [6.07, 6.45) is 4.59. The Balaban J connectivity index is 1.55. The van der Waals surface area contributed by atoms with Crippen LogP contribution in [0, 0.1) is 11.8 Å². The van der Waals surface area contributed by atoms with Crippen LogP contribution in [0.2, 0.25) is 0 Å². The highest BCUT2D eigenvalue weighted by molar-refractivity contribution is 7.92. The Kier molecular flexibility index (Phi) is 5.99. The van der Waals surface area contributed by atoms with E-state index in [2.05, 4.69) is 5.32 Å². The number of rotatable bonds is 8. The molecule has 6 nitrogen and oxygen atoms in total. The van der Waals surface area contributed by atoms with Crippen LogP contribution in [0.15, 0.2) is 59.5 Å². The highest BCUT2D eigenvalue weighted by atomic mass is 32.2. The van der Waals surface area contributed by atoms with Gasteiger partial charge in [0, 0.05) is 6.04 Å². The minimum atomic E-state index is -3.91. The maximum Gasteiger partial charge on any atom is 0.264 e. The van der Waals surface area contributed by atoms with Gasteiger partial charge in [-0.15, -0.1) is 0 Å². The number of nitrogens with one attached hydrogen (secondary N) is 1. The number of hydrogen-bond donors (Lipinski definition) is 1. The molecule has 3 atom stereocenters. The number of nitrogens with zero attached hydrogens (tertiary/aromatic N) is 1. The van der Waals surface area contributed by atoms with Crippen LogP contribution in [0.25, 0.3) is 0 Å². The zero-order chi connectivity index (χ0) is 21.1. The van der Waals surface area contributed by atoms with Crippen LogP contribution in [0.3, 0.4) is 0 Å². The average Bonchev–Trinajstić information content (AvgIpc) is 3.36. The van der Waals surface area contributed by atoms with Crippen molar-refractivity contribution in [3.8, 4) is 5.75 Å². The van der Waals surface area contributed by atoms with E-state index in [0.717, 1.165) is 12.8 Å². The molecule has 4 rings (SSSR count). The van der Waals surface area contributed by atoms with Crippen molar-refractivity contribution in [1.82, 2.24) is 5.32 Å². The standard InChI is InChI=1S/C23H28N2O4S/c1-2-29-20-10-12-21(13-11-20)30(27,28)25(19-6-4-3-5-7-19)16-23(26)24-22-15-17-8-9-18(22)14-17/h3-7,10-13,17-18,22H,2,8-9,14-16H2,1H3,(H,24,26). The monoisotopic (exact) mass is 428 g/mol. The Morgan fingerprint density at radius 1 is 1.07 bits per heavy atom. The van der Waals surface area contributed by atoms with E-state index < -0.39 is 10.0 Å². The molecule has 0 aromatic heterocycles. The first kappa shape index (κ1) is 20.7. The maximum atomic E-state index is 13.4. The van der Waals surface area contributed by atoms with Crippen molar-refractivity contribution in [3.05, 3.63) is 54.6 Å². The summed E-state index contributed by atoms with van der Waals surface area (Å²) in [5, 5.41) is 3.09. The number of anilines is 1. The van der Waals surface area contributed by atoms with Gasteiger partial charge >= 0.3 is 0 Å². The van der Waals surface area contributed by atoms with Crippen LogP contribution >= 0.6 is 0 Å². The summed E-state index contributed by atoms with van der Waals surface area (Å²) in [4.78, 5) is 13.0. The van der Waals surface area contributed by atoms with Crippen molar-refractivity contribution in [1.29, 1.82) is 0 Å². The number of para-hydroxylation sites is 1. The number of ether oxygens (including phenoxy) is 1. The lowest BCUT2D eigenvalue weighted by Crippen LogP contribution is -2.45. The first-order valence-electron chi connectivity index (χ1n) is 10.6. The third kappa shape index (κ3) is 4.31. The summed E-state index contributed by atoms with van der Waals surface area (Å²) in [6, 6.07) is 15.2. The quantitative estimate of drug-likeness (QED) is 0.697. The summed E-state index contributed by atoms with van der Waals surface area (Å²) in [5.41, 5.74) is 0.467. The van der Waals surface area contributed by atoms with E-state index in [4.69, 9.17) is 4.74 Å². The molecule has 2 aromatic rings. The Morgan fingerprint density at radius 2 is 1.80 bits per heavy atom. The molecule has 2 saturated carbocycles. The number of sulfonamides is 1. The van der Waals surface area contributed by atoms with Crippen LogP contribution in [0.1, 0.15) is 32.6 Å². The van der Waals surface area contributed by atoms with Gasteiger partial charge in [-0.05, 0) is 74.4 Å². The van der Waals surface area contributed by atoms with E-state index in [0.29, 0.717) is 29.9 Å². The minimum absolute atomic E-state index is 0.127. The molecule has 2 aliphatic rings. The van der Waals surface area contributed by atoms with Crippen molar-refractivity contribution in [2.75, 3.05) is 17.5 Å². The number of benzene rings is 2. The van der Waals surface area contributed by atoms with E-state index in [1.165, 1.54) is 29.3 Å². The molecule has 0 spiro atoms. The van der Waals surface area contributed by atoms with Crippen LogP contribution in [-0.4, -0.2) is 33.5 Å². The van der Waals surface area contributed by atoms with Crippen LogP contribution in [0.4, 0.5) is 5.69 Å². The lowest BCUT2D eigenvalue weighted by atomic mass is 9.95. The second-order valence-electron chi connectivity index (χ2n) is 8.10. The Morgan fingerprint density at radius 3 is 2.40 bits per heavy atom. The molecule has 2 bridgehead atoms. The first-order valence-corrected chi connectivity index (χ1v) is 12.0. The zero-order valence-corrected chi connectivity index (χ0v) is 18.0. The number of hydrogen-bond acceptors (Lipinski definition) is 4. The molecule has 0 aliphatic heterocycles. The van der Waals surface area contributed by atoms with Gasteiger partial charge in [-0.3, -0.25) is 9.10 Å². The molecule has 1 N–H and O–H groups in total. The average molecular weight is 429 g/mol. The molecular formula is C23H28N2O4S. The zero-order valence-electron chi connectivity index (χ0n) is 17.2. The highest BCUT2D eigenvalue weighted by Gasteiger charge is 2.40. The van der Waals surface area contributed by atoms with Crippen molar-refractivity contribution in [2.24, 2.45) is 11.8 Å². The number of fused-ring (bicyclic) bond motifs is 2. The van der Waals surface area contributed by atoms with Crippen molar-refractivity contribution >= 4 is 21.6 Å². The van der Waals surface area contributed by atoms with Crippen molar-refractivity contribution in [3.63, 3.8) is 0 Å². The molecule has 2 aliphatic carbocycles. The van der Waals surface area contributed by atoms with E-state index in [-0.39, 0.29) is 23.4 Å². The smallest absolute Gasteiger partial charge is 0.264 e. The highest BCUT2D eigenvalue weighted by Crippen LogP contribution is 2.44. The Hall–Kier alpha value is -2.54.